The topological polar surface area (TPSA) is 81.4 Å². The highest BCUT2D eigenvalue weighted by Gasteiger charge is 2.51. The third-order valence-corrected chi connectivity index (χ3v) is 5.50. The minimum absolute atomic E-state index is 0.0172. The van der Waals surface area contributed by atoms with Crippen molar-refractivity contribution in [2.24, 2.45) is 17.8 Å². The number of nitrogens with one attached hydrogen (secondary N) is 1. The molecular formula is C17H24N2O4. The van der Waals surface area contributed by atoms with Crippen molar-refractivity contribution in [1.29, 1.82) is 0 Å². The summed E-state index contributed by atoms with van der Waals surface area (Å²) in [5.41, 5.74) is 1.83. The van der Waals surface area contributed by atoms with Crippen molar-refractivity contribution in [3.63, 3.8) is 0 Å². The average molecular weight is 320 g/mol. The van der Waals surface area contributed by atoms with Gasteiger partial charge in [-0.15, -0.1) is 0 Å². The van der Waals surface area contributed by atoms with E-state index in [0.29, 0.717) is 24.7 Å². The van der Waals surface area contributed by atoms with Gasteiger partial charge < -0.3 is 14.6 Å². The molecule has 0 saturated heterocycles. The number of hydrogen-bond donors (Lipinski definition) is 1. The van der Waals surface area contributed by atoms with Crippen LogP contribution in [0.5, 0.6) is 0 Å². The Morgan fingerprint density at radius 3 is 2.70 bits per heavy atom. The molecule has 2 bridgehead atoms. The lowest BCUT2D eigenvalue weighted by Crippen LogP contribution is -2.47. The second-order valence-electron chi connectivity index (χ2n) is 6.78. The molecule has 4 atom stereocenters. The van der Waals surface area contributed by atoms with E-state index in [2.05, 4.69) is 10.5 Å². The highest BCUT2D eigenvalue weighted by Crippen LogP contribution is 2.48. The van der Waals surface area contributed by atoms with Crippen molar-refractivity contribution in [3.8, 4) is 0 Å². The molecule has 1 aromatic rings. The predicted octanol–water partition coefficient (Wildman–Crippen LogP) is 1.93. The summed E-state index contributed by atoms with van der Waals surface area (Å²) in [6.07, 6.45) is 4.17. The molecule has 1 aromatic heterocycles. The lowest BCUT2D eigenvalue weighted by atomic mass is 9.84. The summed E-state index contributed by atoms with van der Waals surface area (Å²) < 4.78 is 10.1. The van der Waals surface area contributed by atoms with Crippen LogP contribution in [-0.4, -0.2) is 30.2 Å². The van der Waals surface area contributed by atoms with Crippen LogP contribution >= 0.6 is 0 Å². The maximum Gasteiger partial charge on any atom is 0.311 e. The molecule has 6 nitrogen and oxygen atoms in total. The molecule has 6 heteroatoms. The highest BCUT2D eigenvalue weighted by molar-refractivity contribution is 5.79. The van der Waals surface area contributed by atoms with Crippen molar-refractivity contribution in [1.82, 2.24) is 10.5 Å². The van der Waals surface area contributed by atoms with Crippen LogP contribution in [-0.2, 0) is 20.7 Å². The quantitative estimate of drug-likeness (QED) is 0.838. The van der Waals surface area contributed by atoms with Gasteiger partial charge in [-0.1, -0.05) is 5.16 Å². The number of fused-ring (bicyclic) bond motifs is 2. The molecule has 0 spiro atoms. The molecule has 0 unspecified atom stereocenters. The van der Waals surface area contributed by atoms with Crippen LogP contribution in [0.4, 0.5) is 0 Å². The summed E-state index contributed by atoms with van der Waals surface area (Å²) in [5, 5.41) is 6.99. The van der Waals surface area contributed by atoms with E-state index in [-0.39, 0.29) is 23.8 Å². The van der Waals surface area contributed by atoms with Crippen LogP contribution in [0, 0.1) is 31.6 Å². The smallest absolute Gasteiger partial charge is 0.311 e. The fraction of sp³-hybridized carbons (Fsp3) is 0.706. The third-order valence-electron chi connectivity index (χ3n) is 5.50. The van der Waals surface area contributed by atoms with Gasteiger partial charge in [0.2, 0.25) is 5.91 Å². The molecule has 2 saturated carbocycles. The number of rotatable bonds is 5. The lowest BCUT2D eigenvalue weighted by molar-refractivity contribution is -0.148. The maximum atomic E-state index is 12.3. The fourth-order valence-corrected chi connectivity index (χ4v) is 4.33. The van der Waals surface area contributed by atoms with E-state index in [0.717, 1.165) is 36.3 Å². The molecule has 0 aliphatic heterocycles. The number of nitrogens with zero attached hydrogens (tertiary/aromatic N) is 1. The SMILES string of the molecule is COC(=O)[C@H]1[C@H]2CC[C@@H](C2)[C@@H]1NC(=O)CCc1c(C)noc1C. The van der Waals surface area contributed by atoms with E-state index in [9.17, 15) is 9.59 Å². The molecule has 3 rings (SSSR count). The highest BCUT2D eigenvalue weighted by atomic mass is 16.5. The van der Waals surface area contributed by atoms with Crippen molar-refractivity contribution in [2.45, 2.75) is 52.0 Å². The lowest BCUT2D eigenvalue weighted by Gasteiger charge is -2.29. The van der Waals surface area contributed by atoms with E-state index in [1.54, 1.807) is 0 Å². The Kier molecular flexibility index (Phi) is 4.41. The van der Waals surface area contributed by atoms with Gasteiger partial charge in [0.05, 0.1) is 18.7 Å². The van der Waals surface area contributed by atoms with Crippen LogP contribution < -0.4 is 5.32 Å². The first kappa shape index (κ1) is 16.0. The van der Waals surface area contributed by atoms with Crippen molar-refractivity contribution < 1.29 is 18.8 Å². The molecule has 0 radical (unpaired) electrons. The Balaban J connectivity index is 1.60. The van der Waals surface area contributed by atoms with Gasteiger partial charge in [0.15, 0.2) is 0 Å². The van der Waals surface area contributed by atoms with Crippen LogP contribution in [0.1, 0.15) is 42.7 Å². The summed E-state index contributed by atoms with van der Waals surface area (Å²) in [4.78, 5) is 24.4. The van der Waals surface area contributed by atoms with E-state index >= 15 is 0 Å². The molecule has 1 N–H and O–H groups in total. The standard InChI is InChI=1S/C17H24N2O4/c1-9-13(10(2)23-19-9)6-7-14(20)18-16-12-5-4-11(8-12)15(16)17(21)22-3/h11-12,15-16H,4-8H2,1-3H3,(H,18,20)/t11-,12-,15-,16-/m0/s1. The van der Waals surface area contributed by atoms with Crippen molar-refractivity contribution in [3.05, 3.63) is 17.0 Å². The Morgan fingerprint density at radius 2 is 2.04 bits per heavy atom. The van der Waals surface area contributed by atoms with Gasteiger partial charge in [-0.05, 0) is 51.4 Å². The fourth-order valence-electron chi connectivity index (χ4n) is 4.33. The van der Waals surface area contributed by atoms with Crippen molar-refractivity contribution in [2.75, 3.05) is 7.11 Å². The molecule has 23 heavy (non-hydrogen) atoms. The molecule has 2 aliphatic carbocycles. The number of aryl methyl sites for hydroxylation is 2. The normalized spacial score (nSPS) is 28.8. The van der Waals surface area contributed by atoms with E-state index in [1.165, 1.54) is 7.11 Å². The summed E-state index contributed by atoms with van der Waals surface area (Å²) in [6, 6.07) is -0.0710. The monoisotopic (exact) mass is 320 g/mol. The number of ether oxygens (including phenoxy) is 1. The number of esters is 1. The molecule has 1 heterocycles. The van der Waals surface area contributed by atoms with Crippen LogP contribution in [0.25, 0.3) is 0 Å². The Morgan fingerprint density at radius 1 is 1.30 bits per heavy atom. The second kappa shape index (κ2) is 6.34. The zero-order valence-electron chi connectivity index (χ0n) is 13.9. The second-order valence-corrected chi connectivity index (χ2v) is 6.78. The number of carbonyl (C=O) groups is 2. The molecular weight excluding hydrogens is 296 g/mol. The van der Waals surface area contributed by atoms with Crippen LogP contribution in [0.15, 0.2) is 4.52 Å². The summed E-state index contributed by atoms with van der Waals surface area (Å²) >= 11 is 0. The van der Waals surface area contributed by atoms with Gasteiger partial charge in [-0.3, -0.25) is 9.59 Å². The average Bonchev–Trinajstić information content (AvgIpc) is 3.21. The number of hydrogen-bond acceptors (Lipinski definition) is 5. The third kappa shape index (κ3) is 2.99. The first-order chi connectivity index (χ1) is 11.0. The van der Waals surface area contributed by atoms with Crippen LogP contribution in [0.3, 0.4) is 0 Å². The summed E-state index contributed by atoms with van der Waals surface area (Å²) in [6.45, 7) is 3.74. The van der Waals surface area contributed by atoms with Gasteiger partial charge >= 0.3 is 5.97 Å². The number of methoxy groups -OCH3 is 1. The van der Waals surface area contributed by atoms with Gasteiger partial charge in [0.25, 0.3) is 0 Å². The number of amides is 1. The molecule has 0 aromatic carbocycles. The minimum Gasteiger partial charge on any atom is -0.469 e. The number of carbonyl (C=O) groups excluding carboxylic acids is 2. The zero-order chi connectivity index (χ0) is 16.6. The van der Waals surface area contributed by atoms with Crippen LogP contribution in [0.2, 0.25) is 0 Å². The van der Waals surface area contributed by atoms with Gasteiger partial charge in [0, 0.05) is 18.0 Å². The van der Waals surface area contributed by atoms with E-state index < -0.39 is 0 Å². The van der Waals surface area contributed by atoms with E-state index in [1.807, 2.05) is 13.8 Å². The molecule has 1 amide bonds. The minimum atomic E-state index is -0.187. The van der Waals surface area contributed by atoms with Gasteiger partial charge in [-0.25, -0.2) is 0 Å². The van der Waals surface area contributed by atoms with Gasteiger partial charge in [-0.2, -0.15) is 0 Å². The first-order valence-corrected chi connectivity index (χ1v) is 8.30. The maximum absolute atomic E-state index is 12.3. The Labute approximate surface area is 135 Å². The molecule has 2 aliphatic rings. The largest absolute Gasteiger partial charge is 0.469 e. The Hall–Kier alpha value is -1.85. The number of aromatic nitrogens is 1. The Bertz CT molecular complexity index is 590. The summed E-state index contributed by atoms with van der Waals surface area (Å²) in [7, 11) is 1.42. The van der Waals surface area contributed by atoms with Gasteiger partial charge in [0.1, 0.15) is 5.76 Å². The zero-order valence-corrected chi connectivity index (χ0v) is 13.9. The van der Waals surface area contributed by atoms with Crippen molar-refractivity contribution >= 4 is 11.9 Å². The van der Waals surface area contributed by atoms with E-state index in [4.69, 9.17) is 9.26 Å². The molecule has 2 fully saturated rings. The molecule has 126 valence electrons. The summed E-state index contributed by atoms with van der Waals surface area (Å²) in [5.74, 6) is 1.15. The predicted molar refractivity (Wildman–Crippen MR) is 82.6 cm³/mol. The first-order valence-electron chi connectivity index (χ1n) is 8.30.